The number of esters is 1. The predicted octanol–water partition coefficient (Wildman–Crippen LogP) is 10.9. The Bertz CT molecular complexity index is 1040. The maximum atomic E-state index is 12.1. The molecule has 0 radical (unpaired) electrons. The molecular weight excluding hydrogens is 677 g/mol. The van der Waals surface area contributed by atoms with Crippen molar-refractivity contribution in [2.45, 2.75) is 168 Å². The Morgan fingerprint density at radius 2 is 1.10 bits per heavy atom. The number of allylic oxidation sites excluding steroid dienone is 10. The van der Waals surface area contributed by atoms with Gasteiger partial charge in [0.15, 0.2) is 0 Å². The quantitative estimate of drug-likeness (QED) is 0.0247. The fraction of sp³-hybridized carbons (Fsp3) is 0.714. The molecule has 9 nitrogen and oxygen atoms in total. The molecule has 0 aromatic carbocycles. The molecule has 0 saturated carbocycles. The third-order valence-corrected chi connectivity index (χ3v) is 9.20. The van der Waals surface area contributed by atoms with Gasteiger partial charge in [0.05, 0.1) is 13.2 Å². The third kappa shape index (κ3) is 38.9. The fourth-order valence-corrected chi connectivity index (χ4v) is 5.93. The second kappa shape index (κ2) is 38.4. The van der Waals surface area contributed by atoms with Gasteiger partial charge in [-0.1, -0.05) is 152 Å². The lowest BCUT2D eigenvalue weighted by Gasteiger charge is -2.15. The summed E-state index contributed by atoms with van der Waals surface area (Å²) in [4.78, 5) is 33.8. The van der Waals surface area contributed by atoms with Crippen molar-refractivity contribution in [2.24, 2.45) is 0 Å². The first kappa shape index (κ1) is 49.7. The van der Waals surface area contributed by atoms with Crippen LogP contribution in [0.1, 0.15) is 162 Å². The Morgan fingerprint density at radius 3 is 1.65 bits per heavy atom. The van der Waals surface area contributed by atoms with E-state index in [2.05, 4.69) is 79.9 Å². The summed E-state index contributed by atoms with van der Waals surface area (Å²) in [5.41, 5.74) is 0. The molecule has 300 valence electrons. The van der Waals surface area contributed by atoms with Gasteiger partial charge in [0.2, 0.25) is 5.91 Å². The van der Waals surface area contributed by atoms with Crippen LogP contribution in [0.5, 0.6) is 0 Å². The van der Waals surface area contributed by atoms with Crippen LogP contribution in [0, 0.1) is 0 Å². The molecule has 52 heavy (non-hydrogen) atoms. The van der Waals surface area contributed by atoms with E-state index in [9.17, 15) is 24.2 Å². The van der Waals surface area contributed by atoms with Crippen LogP contribution in [-0.2, 0) is 27.9 Å². The van der Waals surface area contributed by atoms with Crippen LogP contribution in [-0.4, -0.2) is 54.3 Å². The van der Waals surface area contributed by atoms with E-state index >= 15 is 0 Å². The Morgan fingerprint density at radius 1 is 0.615 bits per heavy atom. The number of nitrogens with one attached hydrogen (secondary N) is 1. The van der Waals surface area contributed by atoms with Crippen molar-refractivity contribution in [3.63, 3.8) is 0 Å². The lowest BCUT2D eigenvalue weighted by Crippen LogP contribution is -2.27. The number of amides is 1. The number of carbonyl (C=O) groups is 2. The molecule has 0 aliphatic carbocycles. The Hall–Kier alpha value is -2.29. The molecule has 0 spiro atoms. The summed E-state index contributed by atoms with van der Waals surface area (Å²) >= 11 is 0. The van der Waals surface area contributed by atoms with E-state index < -0.39 is 26.5 Å². The highest BCUT2D eigenvalue weighted by molar-refractivity contribution is 7.47. The number of aliphatic hydroxyl groups excluding tert-OH is 1. The summed E-state index contributed by atoms with van der Waals surface area (Å²) in [6, 6.07) is 0. The second-order valence-corrected chi connectivity index (χ2v) is 14.7. The van der Waals surface area contributed by atoms with Crippen molar-refractivity contribution >= 4 is 19.7 Å². The highest BCUT2D eigenvalue weighted by Gasteiger charge is 2.23. The van der Waals surface area contributed by atoms with Crippen molar-refractivity contribution in [1.29, 1.82) is 0 Å². The van der Waals surface area contributed by atoms with Gasteiger partial charge in [0.25, 0.3) is 0 Å². The number of aliphatic hydroxyl groups is 1. The lowest BCUT2D eigenvalue weighted by atomic mass is 10.0. The standard InChI is InChI=1S/C42H74NO8P/c1-3-5-7-9-11-13-15-17-18-19-20-21-22-23-25-27-29-31-33-35-42(46)49-38-40(44)39-51-52(47,48)50-37-36-43-41(45)34-32-30-28-26-24-16-14-12-10-8-6-4-2/h5,7,11,13,17-18,20-21,23,25,40,44H,3-4,6,8-10,12,14-16,19,22,24,26-39H2,1-2H3,(H,43,45)(H,47,48)/b7-5-,13-11-,18-17-,21-20-,25-23-. The van der Waals surface area contributed by atoms with Gasteiger partial charge in [-0.05, 0) is 57.8 Å². The van der Waals surface area contributed by atoms with Crippen molar-refractivity contribution in [3.8, 4) is 0 Å². The number of unbranched alkanes of at least 4 members (excludes halogenated alkanes) is 14. The van der Waals surface area contributed by atoms with Gasteiger partial charge in [0, 0.05) is 19.4 Å². The average Bonchev–Trinajstić information content (AvgIpc) is 3.13. The van der Waals surface area contributed by atoms with Gasteiger partial charge < -0.3 is 20.1 Å². The van der Waals surface area contributed by atoms with Crippen molar-refractivity contribution in [2.75, 3.05) is 26.4 Å². The first-order chi connectivity index (χ1) is 25.3. The van der Waals surface area contributed by atoms with Crippen LogP contribution < -0.4 is 5.32 Å². The molecule has 3 N–H and O–H groups in total. The molecule has 0 aliphatic rings. The third-order valence-electron chi connectivity index (χ3n) is 8.21. The Labute approximate surface area is 317 Å². The summed E-state index contributed by atoms with van der Waals surface area (Å²) in [6.07, 6.45) is 44.3. The van der Waals surface area contributed by atoms with Crippen LogP contribution in [0.15, 0.2) is 60.8 Å². The van der Waals surface area contributed by atoms with E-state index in [4.69, 9.17) is 13.8 Å². The molecule has 0 aromatic heterocycles. The first-order valence-corrected chi connectivity index (χ1v) is 21.8. The van der Waals surface area contributed by atoms with Crippen LogP contribution in [0.25, 0.3) is 0 Å². The normalized spacial score (nSPS) is 14.0. The number of ether oxygens (including phenoxy) is 1. The van der Waals surface area contributed by atoms with E-state index in [1.54, 1.807) is 0 Å². The minimum absolute atomic E-state index is 0.0769. The van der Waals surface area contributed by atoms with Gasteiger partial charge in [-0.3, -0.25) is 18.6 Å². The van der Waals surface area contributed by atoms with Crippen LogP contribution in [0.2, 0.25) is 0 Å². The van der Waals surface area contributed by atoms with E-state index in [-0.39, 0.29) is 32.1 Å². The molecule has 0 bridgehead atoms. The van der Waals surface area contributed by atoms with E-state index in [1.165, 1.54) is 57.8 Å². The van der Waals surface area contributed by atoms with Gasteiger partial charge in [-0.25, -0.2) is 4.57 Å². The summed E-state index contributed by atoms with van der Waals surface area (Å²) in [7, 11) is -4.42. The number of phosphoric acid groups is 1. The molecule has 0 fully saturated rings. The van der Waals surface area contributed by atoms with Crippen LogP contribution >= 0.6 is 7.82 Å². The molecule has 0 heterocycles. The molecule has 0 aliphatic heterocycles. The molecule has 1 amide bonds. The molecule has 0 rings (SSSR count). The van der Waals surface area contributed by atoms with E-state index in [0.717, 1.165) is 70.6 Å². The van der Waals surface area contributed by atoms with Crippen LogP contribution in [0.4, 0.5) is 0 Å². The molecule has 0 saturated heterocycles. The zero-order valence-electron chi connectivity index (χ0n) is 32.7. The maximum Gasteiger partial charge on any atom is 0.472 e. The van der Waals surface area contributed by atoms with Crippen molar-refractivity contribution < 1.29 is 37.9 Å². The minimum Gasteiger partial charge on any atom is -0.463 e. The zero-order chi connectivity index (χ0) is 38.2. The summed E-state index contributed by atoms with van der Waals surface area (Å²) in [6.45, 7) is 3.38. The molecule has 0 aromatic rings. The van der Waals surface area contributed by atoms with E-state index in [0.29, 0.717) is 12.8 Å². The predicted molar refractivity (Wildman–Crippen MR) is 215 cm³/mol. The highest BCUT2D eigenvalue weighted by Crippen LogP contribution is 2.42. The maximum absolute atomic E-state index is 12.1. The topological polar surface area (TPSA) is 131 Å². The largest absolute Gasteiger partial charge is 0.472 e. The number of rotatable bonds is 37. The van der Waals surface area contributed by atoms with Crippen molar-refractivity contribution in [1.82, 2.24) is 5.32 Å². The van der Waals surface area contributed by atoms with Gasteiger partial charge in [0.1, 0.15) is 12.7 Å². The number of hydrogen-bond acceptors (Lipinski definition) is 7. The SMILES string of the molecule is CC/C=C\C/C=C\C/C=C\C/C=C\C/C=C\CCCCCC(=O)OCC(O)COP(=O)(O)OCCNC(=O)CCCCCCCCCCCCCC. The molecule has 10 heteroatoms. The Balaban J connectivity index is 3.69. The Kier molecular flexibility index (Phi) is 36.7. The van der Waals surface area contributed by atoms with Crippen molar-refractivity contribution in [3.05, 3.63) is 60.8 Å². The summed E-state index contributed by atoms with van der Waals surface area (Å²) in [5, 5.41) is 12.7. The first-order valence-electron chi connectivity index (χ1n) is 20.3. The average molecular weight is 752 g/mol. The highest BCUT2D eigenvalue weighted by atomic mass is 31.2. The monoisotopic (exact) mass is 752 g/mol. The van der Waals surface area contributed by atoms with Gasteiger partial charge in [-0.15, -0.1) is 0 Å². The van der Waals surface area contributed by atoms with Gasteiger partial charge >= 0.3 is 13.8 Å². The fourth-order valence-electron chi connectivity index (χ4n) is 5.17. The van der Waals surface area contributed by atoms with Gasteiger partial charge in [-0.2, -0.15) is 0 Å². The lowest BCUT2D eigenvalue weighted by molar-refractivity contribution is -0.147. The number of hydrogen-bond donors (Lipinski definition) is 3. The molecule has 2 atom stereocenters. The molecule has 2 unspecified atom stereocenters. The smallest absolute Gasteiger partial charge is 0.463 e. The minimum atomic E-state index is -4.42. The number of phosphoric ester groups is 1. The summed E-state index contributed by atoms with van der Waals surface area (Å²) in [5.74, 6) is -0.552. The number of carbonyl (C=O) groups excluding carboxylic acids is 2. The molecular formula is C42H74NO8P. The zero-order valence-corrected chi connectivity index (χ0v) is 33.6. The van der Waals surface area contributed by atoms with E-state index in [1.807, 2.05) is 0 Å². The summed E-state index contributed by atoms with van der Waals surface area (Å²) < 4.78 is 26.8. The second-order valence-electron chi connectivity index (χ2n) is 13.2. The van der Waals surface area contributed by atoms with Crippen LogP contribution in [0.3, 0.4) is 0 Å².